The topological polar surface area (TPSA) is 83.2 Å². The number of hydrogen-bond donors (Lipinski definition) is 1. The minimum atomic E-state index is -4.54. The predicted molar refractivity (Wildman–Crippen MR) is 48.6 cm³/mol. The molecule has 14 heavy (non-hydrogen) atoms. The molecule has 1 aromatic carbocycles. The van der Waals surface area contributed by atoms with E-state index >= 15 is 0 Å². The fourth-order valence-electron chi connectivity index (χ4n) is 0.945. The minimum Gasteiger partial charge on any atom is -0.744 e. The maximum absolute atomic E-state index is 10.7. The van der Waals surface area contributed by atoms with Crippen molar-refractivity contribution < 1.29 is 42.5 Å². The summed E-state index contributed by atoms with van der Waals surface area (Å²) in [6, 6.07) is 2.69. The van der Waals surface area contributed by atoms with Gasteiger partial charge in [-0.15, -0.1) is 0 Å². The molecular weight excluding hydrogens is 237 g/mol. The molecule has 1 rings (SSSR count). The molecule has 1 aromatic rings. The van der Waals surface area contributed by atoms with Crippen molar-refractivity contribution in [2.45, 2.75) is 11.8 Å². The van der Waals surface area contributed by atoms with Gasteiger partial charge in [-0.2, -0.15) is 0 Å². The summed E-state index contributed by atoms with van der Waals surface area (Å²) in [7, 11) is -4.54. The first-order valence-electron chi connectivity index (χ1n) is 3.34. The Hall–Kier alpha value is 0.220. The molecule has 0 atom stereocenters. The Labute approximate surface area is 109 Å². The number of hydrogen-bond acceptors (Lipinski definition) is 4. The molecule has 0 heterocycles. The van der Waals surface area contributed by atoms with E-state index in [1.165, 1.54) is 12.1 Å². The van der Waals surface area contributed by atoms with Crippen LogP contribution in [-0.4, -0.2) is 13.0 Å². The number of nitrogen functional groups attached to an aromatic ring is 1. The molecule has 0 fully saturated rings. The Morgan fingerprint density at radius 3 is 2.36 bits per heavy atom. The van der Waals surface area contributed by atoms with Gasteiger partial charge in [-0.1, -0.05) is 11.6 Å². The summed E-state index contributed by atoms with van der Waals surface area (Å²) >= 11 is 5.55. The summed E-state index contributed by atoms with van der Waals surface area (Å²) in [4.78, 5) is -0.466. The first-order valence-corrected chi connectivity index (χ1v) is 5.12. The van der Waals surface area contributed by atoms with E-state index in [4.69, 9.17) is 17.3 Å². The molecule has 0 radical (unpaired) electrons. The smallest absolute Gasteiger partial charge is 0.744 e. The van der Waals surface area contributed by atoms with Crippen molar-refractivity contribution in [3.05, 3.63) is 22.7 Å². The van der Waals surface area contributed by atoms with Crippen LogP contribution in [0.3, 0.4) is 0 Å². The predicted octanol–water partition coefficient (Wildman–Crippen LogP) is -1.86. The van der Waals surface area contributed by atoms with Crippen molar-refractivity contribution in [2.24, 2.45) is 0 Å². The summed E-state index contributed by atoms with van der Waals surface area (Å²) in [5, 5.41) is -0.208. The van der Waals surface area contributed by atoms with E-state index in [0.29, 0.717) is 5.56 Å². The first-order chi connectivity index (χ1) is 5.82. The Morgan fingerprint density at radius 1 is 1.43 bits per heavy atom. The zero-order chi connectivity index (χ0) is 10.2. The van der Waals surface area contributed by atoms with Crippen LogP contribution >= 0.6 is 11.6 Å². The average molecular weight is 244 g/mol. The Bertz CT molecular complexity index is 446. The molecule has 72 valence electrons. The molecule has 0 aliphatic heterocycles. The summed E-state index contributed by atoms with van der Waals surface area (Å²) in [5.74, 6) is 0. The van der Waals surface area contributed by atoms with Gasteiger partial charge in [-0.3, -0.25) is 0 Å². The Balaban J connectivity index is 0.00000169. The first kappa shape index (κ1) is 14.2. The van der Waals surface area contributed by atoms with Gasteiger partial charge in [-0.25, -0.2) is 8.42 Å². The summed E-state index contributed by atoms with van der Waals surface area (Å²) < 4.78 is 32.0. The number of aryl methyl sites for hydroxylation is 1. The molecule has 0 bridgehead atoms. The Morgan fingerprint density at radius 2 is 1.93 bits per heavy atom. The SMILES string of the molecule is Cc1cc(N)c(Cl)c(S(=O)(=O)[O-])c1.[Na+]. The van der Waals surface area contributed by atoms with Crippen molar-refractivity contribution in [3.63, 3.8) is 0 Å². The summed E-state index contributed by atoms with van der Waals surface area (Å²) in [6.45, 7) is 1.63. The molecule has 0 saturated heterocycles. The summed E-state index contributed by atoms with van der Waals surface area (Å²) in [5.41, 5.74) is 6.06. The molecule has 4 nitrogen and oxygen atoms in total. The summed E-state index contributed by atoms with van der Waals surface area (Å²) in [6.07, 6.45) is 0. The van der Waals surface area contributed by atoms with Gasteiger partial charge in [0.05, 0.1) is 15.6 Å². The van der Waals surface area contributed by atoms with Gasteiger partial charge in [0.15, 0.2) is 0 Å². The number of halogens is 1. The second-order valence-corrected chi connectivity index (χ2v) is 4.35. The van der Waals surface area contributed by atoms with Crippen molar-refractivity contribution in [1.82, 2.24) is 0 Å². The van der Waals surface area contributed by atoms with E-state index in [1.54, 1.807) is 6.92 Å². The molecule has 7 heteroatoms. The van der Waals surface area contributed by atoms with E-state index in [1.807, 2.05) is 0 Å². The monoisotopic (exact) mass is 243 g/mol. The van der Waals surface area contributed by atoms with E-state index in [-0.39, 0.29) is 40.3 Å². The van der Waals surface area contributed by atoms with E-state index in [9.17, 15) is 13.0 Å². The van der Waals surface area contributed by atoms with Crippen LogP contribution in [-0.2, 0) is 10.1 Å². The van der Waals surface area contributed by atoms with Crippen LogP contribution in [0.15, 0.2) is 17.0 Å². The number of rotatable bonds is 1. The fourth-order valence-corrected chi connectivity index (χ4v) is 2.00. The van der Waals surface area contributed by atoms with Crippen molar-refractivity contribution in [1.29, 1.82) is 0 Å². The van der Waals surface area contributed by atoms with Gasteiger partial charge in [0.25, 0.3) is 0 Å². The van der Waals surface area contributed by atoms with Crippen LogP contribution in [0.5, 0.6) is 0 Å². The van der Waals surface area contributed by atoms with Gasteiger partial charge in [0.1, 0.15) is 10.1 Å². The fraction of sp³-hybridized carbons (Fsp3) is 0.143. The van der Waals surface area contributed by atoms with Crippen molar-refractivity contribution >= 4 is 27.4 Å². The quantitative estimate of drug-likeness (QED) is 0.356. The molecule has 0 aliphatic carbocycles. The average Bonchev–Trinajstić information content (AvgIpc) is 1.94. The maximum Gasteiger partial charge on any atom is 1.00 e. The number of benzene rings is 1. The third-order valence-corrected chi connectivity index (χ3v) is 2.88. The third kappa shape index (κ3) is 3.12. The molecule has 0 aromatic heterocycles. The van der Waals surface area contributed by atoms with Crippen molar-refractivity contribution in [2.75, 3.05) is 5.73 Å². The van der Waals surface area contributed by atoms with Crippen LogP contribution in [0.25, 0.3) is 0 Å². The Kier molecular flexibility index (Phi) is 4.90. The molecule has 0 spiro atoms. The van der Waals surface area contributed by atoms with Gasteiger partial charge in [-0.05, 0) is 24.6 Å². The van der Waals surface area contributed by atoms with E-state index < -0.39 is 15.0 Å². The maximum atomic E-state index is 10.7. The standard InChI is InChI=1S/C7H8ClNO3S.Na/c1-4-2-5(9)7(8)6(3-4)13(10,11)12;/h2-3H,9H2,1H3,(H,10,11,12);/q;+1/p-1. The van der Waals surface area contributed by atoms with Crippen LogP contribution < -0.4 is 35.3 Å². The third-order valence-electron chi connectivity index (χ3n) is 1.48. The van der Waals surface area contributed by atoms with Gasteiger partial charge in [0.2, 0.25) is 0 Å². The van der Waals surface area contributed by atoms with Crippen LogP contribution in [0, 0.1) is 6.92 Å². The molecular formula is C7H7ClNNaO3S. The number of nitrogens with two attached hydrogens (primary N) is 1. The molecule has 0 saturated carbocycles. The number of anilines is 1. The van der Waals surface area contributed by atoms with Crippen LogP contribution in [0.4, 0.5) is 5.69 Å². The van der Waals surface area contributed by atoms with Crippen LogP contribution in [0.1, 0.15) is 5.56 Å². The van der Waals surface area contributed by atoms with Crippen molar-refractivity contribution in [3.8, 4) is 0 Å². The zero-order valence-electron chi connectivity index (χ0n) is 7.74. The second-order valence-electron chi connectivity index (χ2n) is 2.62. The minimum absolute atomic E-state index is 0. The molecule has 2 N–H and O–H groups in total. The van der Waals surface area contributed by atoms with Gasteiger partial charge < -0.3 is 10.3 Å². The molecule has 0 unspecified atom stereocenters. The normalized spacial score (nSPS) is 10.8. The second kappa shape index (κ2) is 4.83. The molecule has 0 aliphatic rings. The van der Waals surface area contributed by atoms with E-state index in [0.717, 1.165) is 0 Å². The largest absolute Gasteiger partial charge is 1.00 e. The van der Waals surface area contributed by atoms with Crippen LogP contribution in [0.2, 0.25) is 5.02 Å². The van der Waals surface area contributed by atoms with E-state index in [2.05, 4.69) is 0 Å². The zero-order valence-corrected chi connectivity index (χ0v) is 11.3. The molecule has 0 amide bonds. The van der Waals surface area contributed by atoms with Gasteiger partial charge in [0, 0.05) is 0 Å². The van der Waals surface area contributed by atoms with Gasteiger partial charge >= 0.3 is 29.6 Å².